The Labute approximate surface area is 120 Å². The van der Waals surface area contributed by atoms with Crippen molar-refractivity contribution in [1.29, 1.82) is 0 Å². The van der Waals surface area contributed by atoms with Crippen LogP contribution in [0.1, 0.15) is 30.2 Å². The molecule has 0 atom stereocenters. The Hall–Kier alpha value is -1.88. The van der Waals surface area contributed by atoms with E-state index in [1.807, 2.05) is 20.2 Å². The summed E-state index contributed by atoms with van der Waals surface area (Å²) in [5.41, 5.74) is 3.26. The first-order valence-electron chi connectivity index (χ1n) is 6.94. The molecule has 0 saturated carbocycles. The summed E-state index contributed by atoms with van der Waals surface area (Å²) in [6, 6.07) is 2.08. The fourth-order valence-corrected chi connectivity index (χ4v) is 2.08. The largest absolute Gasteiger partial charge is 0.435 e. The second kappa shape index (κ2) is 6.52. The van der Waals surface area contributed by atoms with Crippen molar-refractivity contribution in [3.63, 3.8) is 0 Å². The molecular formula is C15H22N4O. The standard InChI is InChI=1S/C15H22N4O/c1-5-6-16-9-14-11(2)7-12(3)18-15(14)20-13-8-17-19(4)10-13/h7-8,10,16H,5-6,9H2,1-4H3. The normalized spacial score (nSPS) is 10.8. The minimum absolute atomic E-state index is 0.666. The van der Waals surface area contributed by atoms with Gasteiger partial charge in [0.2, 0.25) is 5.88 Å². The first kappa shape index (κ1) is 14.5. The number of aryl methyl sites for hydroxylation is 3. The highest BCUT2D eigenvalue weighted by Crippen LogP contribution is 2.26. The van der Waals surface area contributed by atoms with Crippen LogP contribution in [0.4, 0.5) is 0 Å². The molecule has 2 aromatic heterocycles. The van der Waals surface area contributed by atoms with Gasteiger partial charge in [0.05, 0.1) is 12.4 Å². The Morgan fingerprint density at radius 1 is 1.35 bits per heavy atom. The van der Waals surface area contributed by atoms with Gasteiger partial charge < -0.3 is 10.1 Å². The van der Waals surface area contributed by atoms with Crippen molar-refractivity contribution in [1.82, 2.24) is 20.1 Å². The van der Waals surface area contributed by atoms with Gasteiger partial charge in [-0.1, -0.05) is 6.92 Å². The molecule has 0 aliphatic rings. The molecule has 0 saturated heterocycles. The van der Waals surface area contributed by atoms with E-state index in [4.69, 9.17) is 4.74 Å². The Balaban J connectivity index is 2.24. The predicted molar refractivity (Wildman–Crippen MR) is 79.0 cm³/mol. The van der Waals surface area contributed by atoms with Crippen LogP contribution in [0.5, 0.6) is 11.6 Å². The highest BCUT2D eigenvalue weighted by molar-refractivity contribution is 5.38. The lowest BCUT2D eigenvalue weighted by molar-refractivity contribution is 0.450. The van der Waals surface area contributed by atoms with E-state index < -0.39 is 0 Å². The van der Waals surface area contributed by atoms with Crippen LogP contribution >= 0.6 is 0 Å². The molecule has 0 aliphatic carbocycles. The van der Waals surface area contributed by atoms with Crippen molar-refractivity contribution < 1.29 is 4.74 Å². The number of rotatable bonds is 6. The molecule has 0 unspecified atom stereocenters. The Bertz CT molecular complexity index is 577. The van der Waals surface area contributed by atoms with Crippen LogP contribution in [0.3, 0.4) is 0 Å². The summed E-state index contributed by atoms with van der Waals surface area (Å²) in [7, 11) is 1.87. The van der Waals surface area contributed by atoms with Gasteiger partial charge in [0.15, 0.2) is 5.75 Å². The lowest BCUT2D eigenvalue weighted by Gasteiger charge is -2.13. The van der Waals surface area contributed by atoms with Gasteiger partial charge in [-0.05, 0) is 38.4 Å². The third-order valence-corrected chi connectivity index (χ3v) is 3.06. The van der Waals surface area contributed by atoms with Gasteiger partial charge in [-0.3, -0.25) is 4.68 Å². The van der Waals surface area contributed by atoms with E-state index in [9.17, 15) is 0 Å². The summed E-state index contributed by atoms with van der Waals surface area (Å²) in [6.45, 7) is 7.97. The van der Waals surface area contributed by atoms with Gasteiger partial charge in [0, 0.05) is 24.8 Å². The van der Waals surface area contributed by atoms with Crippen molar-refractivity contribution in [3.8, 4) is 11.6 Å². The van der Waals surface area contributed by atoms with E-state index in [-0.39, 0.29) is 0 Å². The highest BCUT2D eigenvalue weighted by atomic mass is 16.5. The van der Waals surface area contributed by atoms with E-state index in [0.717, 1.165) is 30.8 Å². The number of hydrogen-bond donors (Lipinski definition) is 1. The van der Waals surface area contributed by atoms with Crippen LogP contribution in [0.2, 0.25) is 0 Å². The summed E-state index contributed by atoms with van der Waals surface area (Å²) >= 11 is 0. The van der Waals surface area contributed by atoms with Gasteiger partial charge in [-0.2, -0.15) is 5.10 Å². The molecule has 0 amide bonds. The maximum Gasteiger partial charge on any atom is 0.224 e. The average Bonchev–Trinajstić information content (AvgIpc) is 2.78. The first-order valence-corrected chi connectivity index (χ1v) is 6.94. The number of aromatic nitrogens is 3. The SMILES string of the molecule is CCCNCc1c(C)cc(C)nc1Oc1cnn(C)c1. The van der Waals surface area contributed by atoms with Crippen molar-refractivity contribution in [2.75, 3.05) is 6.54 Å². The number of nitrogens with zero attached hydrogens (tertiary/aromatic N) is 3. The minimum atomic E-state index is 0.666. The summed E-state index contributed by atoms with van der Waals surface area (Å²) in [4.78, 5) is 4.52. The average molecular weight is 274 g/mol. The Morgan fingerprint density at radius 3 is 2.80 bits per heavy atom. The zero-order valence-electron chi connectivity index (χ0n) is 12.6. The number of hydrogen-bond acceptors (Lipinski definition) is 4. The topological polar surface area (TPSA) is 52.0 Å². The quantitative estimate of drug-likeness (QED) is 0.823. The van der Waals surface area contributed by atoms with E-state index in [0.29, 0.717) is 11.6 Å². The second-order valence-electron chi connectivity index (χ2n) is 4.99. The van der Waals surface area contributed by atoms with Crippen LogP contribution in [-0.2, 0) is 13.6 Å². The second-order valence-corrected chi connectivity index (χ2v) is 4.99. The monoisotopic (exact) mass is 274 g/mol. The number of pyridine rings is 1. The van der Waals surface area contributed by atoms with E-state index in [1.54, 1.807) is 10.9 Å². The number of nitrogens with one attached hydrogen (secondary N) is 1. The summed E-state index contributed by atoms with van der Waals surface area (Å²) in [6.07, 6.45) is 4.64. The fraction of sp³-hybridized carbons (Fsp3) is 0.467. The molecule has 0 aromatic carbocycles. The van der Waals surface area contributed by atoms with Gasteiger partial charge in [0.25, 0.3) is 0 Å². The zero-order chi connectivity index (χ0) is 14.5. The van der Waals surface area contributed by atoms with Crippen LogP contribution < -0.4 is 10.1 Å². The van der Waals surface area contributed by atoms with Gasteiger partial charge in [-0.15, -0.1) is 0 Å². The molecular weight excluding hydrogens is 252 g/mol. The molecule has 0 spiro atoms. The molecule has 0 aliphatic heterocycles. The molecule has 0 fully saturated rings. The molecule has 5 heteroatoms. The Morgan fingerprint density at radius 2 is 2.15 bits per heavy atom. The molecule has 0 bridgehead atoms. The van der Waals surface area contributed by atoms with Crippen LogP contribution in [0.25, 0.3) is 0 Å². The third kappa shape index (κ3) is 3.57. The van der Waals surface area contributed by atoms with Crippen molar-refractivity contribution in [3.05, 3.63) is 35.3 Å². The van der Waals surface area contributed by atoms with Gasteiger partial charge >= 0.3 is 0 Å². The molecule has 1 N–H and O–H groups in total. The van der Waals surface area contributed by atoms with E-state index >= 15 is 0 Å². The van der Waals surface area contributed by atoms with Crippen LogP contribution in [0, 0.1) is 13.8 Å². The first-order chi connectivity index (χ1) is 9.60. The van der Waals surface area contributed by atoms with Crippen LogP contribution in [0.15, 0.2) is 18.5 Å². The molecule has 108 valence electrons. The maximum absolute atomic E-state index is 5.89. The van der Waals surface area contributed by atoms with Gasteiger partial charge in [0.1, 0.15) is 0 Å². The van der Waals surface area contributed by atoms with E-state index in [1.165, 1.54) is 5.56 Å². The summed E-state index contributed by atoms with van der Waals surface area (Å²) in [5, 5.41) is 7.51. The zero-order valence-corrected chi connectivity index (χ0v) is 12.6. The lowest BCUT2D eigenvalue weighted by atomic mass is 10.1. The van der Waals surface area contributed by atoms with Gasteiger partial charge in [-0.25, -0.2) is 4.98 Å². The number of ether oxygens (including phenoxy) is 1. The lowest BCUT2D eigenvalue weighted by Crippen LogP contribution is -2.16. The molecule has 2 rings (SSSR count). The molecule has 5 nitrogen and oxygen atoms in total. The highest BCUT2D eigenvalue weighted by Gasteiger charge is 2.11. The van der Waals surface area contributed by atoms with E-state index in [2.05, 4.69) is 35.3 Å². The van der Waals surface area contributed by atoms with Crippen molar-refractivity contribution >= 4 is 0 Å². The van der Waals surface area contributed by atoms with Crippen molar-refractivity contribution in [2.45, 2.75) is 33.7 Å². The summed E-state index contributed by atoms with van der Waals surface area (Å²) < 4.78 is 7.60. The molecule has 20 heavy (non-hydrogen) atoms. The van der Waals surface area contributed by atoms with Crippen molar-refractivity contribution in [2.24, 2.45) is 7.05 Å². The minimum Gasteiger partial charge on any atom is -0.435 e. The third-order valence-electron chi connectivity index (χ3n) is 3.06. The summed E-state index contributed by atoms with van der Waals surface area (Å²) in [5.74, 6) is 1.38. The molecule has 2 aromatic rings. The van der Waals surface area contributed by atoms with Crippen LogP contribution in [-0.4, -0.2) is 21.3 Å². The maximum atomic E-state index is 5.89. The molecule has 0 radical (unpaired) electrons. The fourth-order valence-electron chi connectivity index (χ4n) is 2.08. The smallest absolute Gasteiger partial charge is 0.224 e. The molecule has 2 heterocycles. The Kier molecular flexibility index (Phi) is 4.74. The predicted octanol–water partition coefficient (Wildman–Crippen LogP) is 2.72.